The Balaban J connectivity index is 2.48. The van der Waals surface area contributed by atoms with Crippen molar-refractivity contribution in [1.29, 1.82) is 0 Å². The quantitative estimate of drug-likeness (QED) is 0.775. The number of hydrogen-bond donors (Lipinski definition) is 2. The first-order valence-corrected chi connectivity index (χ1v) is 8.08. The lowest BCUT2D eigenvalue weighted by Gasteiger charge is -2.11. The number of halogens is 4. The van der Waals surface area contributed by atoms with Gasteiger partial charge in [-0.05, 0) is 40.2 Å². The Kier molecular flexibility index (Phi) is 4.40. The molecule has 21 heavy (non-hydrogen) atoms. The van der Waals surface area contributed by atoms with Crippen LogP contribution < -0.4 is 10.5 Å². The molecule has 0 amide bonds. The van der Waals surface area contributed by atoms with E-state index in [2.05, 4.69) is 20.7 Å². The molecule has 2 rings (SSSR count). The minimum Gasteiger partial charge on any atom is -0.396 e. The van der Waals surface area contributed by atoms with E-state index in [1.54, 1.807) is 6.07 Å². The summed E-state index contributed by atoms with van der Waals surface area (Å²) < 4.78 is 53.6. The number of benzene rings is 2. The Morgan fingerprint density at radius 1 is 1.14 bits per heavy atom. The summed E-state index contributed by atoms with van der Waals surface area (Å²) in [7, 11) is -4.28. The molecule has 0 fully saturated rings. The average Bonchev–Trinajstić information content (AvgIpc) is 2.37. The zero-order chi connectivity index (χ0) is 15.8. The third kappa shape index (κ3) is 3.45. The summed E-state index contributed by atoms with van der Waals surface area (Å²) in [6.45, 7) is 0. The van der Waals surface area contributed by atoms with E-state index in [0.717, 1.165) is 0 Å². The Morgan fingerprint density at radius 2 is 1.81 bits per heavy atom. The average molecular weight is 398 g/mol. The number of nitrogens with two attached hydrogens (primary N) is 1. The summed E-state index contributed by atoms with van der Waals surface area (Å²) in [5.41, 5.74) is 4.91. The van der Waals surface area contributed by atoms with Crippen LogP contribution in [0.25, 0.3) is 0 Å². The van der Waals surface area contributed by atoms with Crippen LogP contribution in [0.4, 0.5) is 20.2 Å². The molecule has 9 heteroatoms. The van der Waals surface area contributed by atoms with Gasteiger partial charge < -0.3 is 5.73 Å². The van der Waals surface area contributed by atoms with Crippen LogP contribution in [0.1, 0.15) is 0 Å². The predicted octanol–water partition coefficient (Wildman–Crippen LogP) is 3.76. The standard InChI is InChI=1S/C12H8BrClF2N2O2S/c13-7-2-1-6(14)3-11(7)18-21(19,20)12-5-10(17)8(15)4-9(12)16/h1-5,18H,17H2. The van der Waals surface area contributed by atoms with E-state index in [0.29, 0.717) is 16.6 Å². The lowest BCUT2D eigenvalue weighted by molar-refractivity contribution is 0.553. The van der Waals surface area contributed by atoms with Gasteiger partial charge in [-0.3, -0.25) is 4.72 Å². The van der Waals surface area contributed by atoms with Gasteiger partial charge in [-0.2, -0.15) is 0 Å². The Bertz CT molecular complexity index is 815. The van der Waals surface area contributed by atoms with Crippen molar-refractivity contribution in [2.75, 3.05) is 10.5 Å². The summed E-state index contributed by atoms with van der Waals surface area (Å²) in [6.07, 6.45) is 0. The molecule has 0 atom stereocenters. The lowest BCUT2D eigenvalue weighted by Crippen LogP contribution is -2.15. The molecule has 0 saturated carbocycles. The predicted molar refractivity (Wildman–Crippen MR) is 80.7 cm³/mol. The van der Waals surface area contributed by atoms with Gasteiger partial charge in [0, 0.05) is 15.6 Å². The largest absolute Gasteiger partial charge is 0.396 e. The molecular weight excluding hydrogens is 390 g/mol. The van der Waals surface area contributed by atoms with E-state index in [-0.39, 0.29) is 10.7 Å². The number of sulfonamides is 1. The van der Waals surface area contributed by atoms with Crippen LogP contribution in [0, 0.1) is 11.6 Å². The smallest absolute Gasteiger partial charge is 0.264 e. The maximum absolute atomic E-state index is 13.7. The van der Waals surface area contributed by atoms with E-state index in [1.165, 1.54) is 12.1 Å². The van der Waals surface area contributed by atoms with Crippen molar-refractivity contribution in [3.05, 3.63) is 51.5 Å². The molecule has 0 spiro atoms. The SMILES string of the molecule is Nc1cc(S(=O)(=O)Nc2cc(Cl)ccc2Br)c(F)cc1F. The maximum atomic E-state index is 13.7. The molecule has 0 aliphatic rings. The Labute approximate surface area is 133 Å². The summed E-state index contributed by atoms with van der Waals surface area (Å²) in [5.74, 6) is -2.28. The van der Waals surface area contributed by atoms with Crippen molar-refractivity contribution in [1.82, 2.24) is 0 Å². The first kappa shape index (κ1) is 16.0. The molecule has 0 saturated heterocycles. The van der Waals surface area contributed by atoms with Crippen molar-refractivity contribution in [3.63, 3.8) is 0 Å². The normalized spacial score (nSPS) is 11.4. The van der Waals surface area contributed by atoms with E-state index >= 15 is 0 Å². The fraction of sp³-hybridized carbons (Fsp3) is 0. The second-order valence-electron chi connectivity index (χ2n) is 4.03. The van der Waals surface area contributed by atoms with E-state index in [4.69, 9.17) is 17.3 Å². The third-order valence-corrected chi connectivity index (χ3v) is 4.82. The molecule has 0 aromatic heterocycles. The van der Waals surface area contributed by atoms with Gasteiger partial charge in [0.25, 0.3) is 10.0 Å². The van der Waals surface area contributed by atoms with Crippen LogP contribution in [0.15, 0.2) is 39.7 Å². The fourth-order valence-corrected chi connectivity index (χ4v) is 3.34. The first-order valence-electron chi connectivity index (χ1n) is 5.43. The minimum absolute atomic E-state index is 0.116. The number of rotatable bonds is 3. The van der Waals surface area contributed by atoms with Crippen LogP contribution in [-0.2, 0) is 10.0 Å². The van der Waals surface area contributed by atoms with Crippen LogP contribution in [0.3, 0.4) is 0 Å². The fourth-order valence-electron chi connectivity index (χ4n) is 1.53. The molecule has 0 unspecified atom stereocenters. The van der Waals surface area contributed by atoms with E-state index in [1.807, 2.05) is 0 Å². The van der Waals surface area contributed by atoms with Gasteiger partial charge in [0.2, 0.25) is 0 Å². The Morgan fingerprint density at radius 3 is 2.48 bits per heavy atom. The second-order valence-corrected chi connectivity index (χ2v) is 6.98. The number of hydrogen-bond acceptors (Lipinski definition) is 3. The van der Waals surface area contributed by atoms with Crippen LogP contribution in [0.2, 0.25) is 5.02 Å². The minimum atomic E-state index is -4.28. The summed E-state index contributed by atoms with van der Waals surface area (Å²) in [5, 5.41) is 0.287. The van der Waals surface area contributed by atoms with Crippen molar-refractivity contribution in [2.45, 2.75) is 4.90 Å². The monoisotopic (exact) mass is 396 g/mol. The number of anilines is 2. The van der Waals surface area contributed by atoms with E-state index < -0.39 is 32.2 Å². The molecule has 0 aliphatic heterocycles. The molecule has 0 bridgehead atoms. The van der Waals surface area contributed by atoms with Gasteiger partial charge in [0.05, 0.1) is 11.4 Å². The van der Waals surface area contributed by atoms with Crippen LogP contribution in [0.5, 0.6) is 0 Å². The van der Waals surface area contributed by atoms with Gasteiger partial charge in [-0.15, -0.1) is 0 Å². The summed E-state index contributed by atoms with van der Waals surface area (Å²) in [4.78, 5) is -0.756. The molecule has 0 aliphatic carbocycles. The highest BCUT2D eigenvalue weighted by atomic mass is 79.9. The molecule has 3 N–H and O–H groups in total. The van der Waals surface area contributed by atoms with Crippen molar-refractivity contribution < 1.29 is 17.2 Å². The van der Waals surface area contributed by atoms with Crippen LogP contribution in [-0.4, -0.2) is 8.42 Å². The van der Waals surface area contributed by atoms with Crippen molar-refractivity contribution in [2.24, 2.45) is 0 Å². The highest BCUT2D eigenvalue weighted by molar-refractivity contribution is 9.10. The molecule has 2 aromatic rings. The number of nitrogens with one attached hydrogen (secondary N) is 1. The van der Waals surface area contributed by atoms with Gasteiger partial charge >= 0.3 is 0 Å². The van der Waals surface area contributed by atoms with Crippen LogP contribution >= 0.6 is 27.5 Å². The zero-order valence-electron chi connectivity index (χ0n) is 10.2. The maximum Gasteiger partial charge on any atom is 0.264 e. The van der Waals surface area contributed by atoms with Gasteiger partial charge in [0.15, 0.2) is 0 Å². The van der Waals surface area contributed by atoms with Gasteiger partial charge in [-0.1, -0.05) is 11.6 Å². The molecule has 4 nitrogen and oxygen atoms in total. The Hall–Kier alpha value is -1.38. The van der Waals surface area contributed by atoms with Gasteiger partial charge in [0.1, 0.15) is 16.5 Å². The highest BCUT2D eigenvalue weighted by Crippen LogP contribution is 2.29. The van der Waals surface area contributed by atoms with Crippen molar-refractivity contribution in [3.8, 4) is 0 Å². The summed E-state index contributed by atoms with van der Waals surface area (Å²) >= 11 is 8.91. The zero-order valence-corrected chi connectivity index (χ0v) is 13.4. The lowest BCUT2D eigenvalue weighted by atomic mass is 10.3. The molecule has 0 radical (unpaired) electrons. The van der Waals surface area contributed by atoms with Gasteiger partial charge in [-0.25, -0.2) is 17.2 Å². The second kappa shape index (κ2) is 5.78. The molecule has 2 aromatic carbocycles. The molecule has 112 valence electrons. The third-order valence-electron chi connectivity index (χ3n) is 2.51. The highest BCUT2D eigenvalue weighted by Gasteiger charge is 2.22. The molecule has 0 heterocycles. The van der Waals surface area contributed by atoms with Crippen molar-refractivity contribution >= 4 is 48.9 Å². The first-order chi connectivity index (χ1) is 9.70. The summed E-state index contributed by atoms with van der Waals surface area (Å²) in [6, 6.07) is 5.53. The van der Waals surface area contributed by atoms with E-state index in [9.17, 15) is 17.2 Å². The molecular formula is C12H8BrClF2N2O2S. The number of nitrogen functional groups attached to an aromatic ring is 1. The topological polar surface area (TPSA) is 72.2 Å².